The highest BCUT2D eigenvalue weighted by molar-refractivity contribution is 5.98. The number of hydrogen-bond acceptors (Lipinski definition) is 15. The Morgan fingerprint density at radius 3 is 1.82 bits per heavy atom. The molecule has 2 saturated heterocycles. The number of esters is 1. The molecule has 0 saturated carbocycles. The van der Waals surface area contributed by atoms with Gasteiger partial charge in [0.2, 0.25) is 82.1 Å². The van der Waals surface area contributed by atoms with Gasteiger partial charge in [0.25, 0.3) is 0 Å². The number of likely N-dealkylation sites (tertiary alicyclic amines) is 2. The van der Waals surface area contributed by atoms with Crippen LogP contribution in [0.2, 0.25) is 0 Å². The second kappa shape index (κ2) is 41.9. The first-order valence-corrected chi connectivity index (χ1v) is 36.6. The summed E-state index contributed by atoms with van der Waals surface area (Å²) in [5, 5.41) is 19.2. The molecule has 0 spiro atoms. The van der Waals surface area contributed by atoms with E-state index in [1.165, 1.54) is 26.4 Å². The third-order valence-corrected chi connectivity index (χ3v) is 20.1. The number of methoxy groups -OCH3 is 2. The summed E-state index contributed by atoms with van der Waals surface area (Å²) in [6.07, 6.45) is -6.79. The molecule has 2 heterocycles. The van der Waals surface area contributed by atoms with Crippen molar-refractivity contribution in [3.05, 3.63) is 94.8 Å². The van der Waals surface area contributed by atoms with Gasteiger partial charge < -0.3 is 67.0 Å². The summed E-state index contributed by atoms with van der Waals surface area (Å²) in [6, 6.07) is 6.00. The van der Waals surface area contributed by atoms with Crippen LogP contribution in [0.15, 0.2) is 54.6 Å². The first-order chi connectivity index (χ1) is 50.8. The number of alkyl halides is 3. The molecule has 25 nitrogen and oxygen atoms in total. The number of benzene rings is 3. The van der Waals surface area contributed by atoms with Crippen LogP contribution >= 0.6 is 0 Å². The molecule has 0 radical (unpaired) electrons. The number of likely N-dealkylation sites (N-methyl/N-ethyl adjacent to an activating group) is 2. The maximum atomic E-state index is 14.7. The number of urea groups is 1. The lowest BCUT2D eigenvalue weighted by Gasteiger charge is -2.41. The van der Waals surface area contributed by atoms with Gasteiger partial charge >= 0.3 is 18.2 Å². The Hall–Kier alpha value is -8.56. The minimum atomic E-state index is -4.99. The zero-order valence-electron chi connectivity index (χ0n) is 63.9. The number of rotatable bonds is 39. The summed E-state index contributed by atoms with van der Waals surface area (Å²) < 4.78 is 129. The summed E-state index contributed by atoms with van der Waals surface area (Å²) in [6.45, 7) is 15.9. The van der Waals surface area contributed by atoms with E-state index in [2.05, 4.69) is 42.0 Å². The molecule has 3 unspecified atom stereocenters. The van der Waals surface area contributed by atoms with Gasteiger partial charge in [0, 0.05) is 59.4 Å². The highest BCUT2D eigenvalue weighted by Gasteiger charge is 2.49. The van der Waals surface area contributed by atoms with Crippen molar-refractivity contribution in [3.8, 4) is 5.75 Å². The first-order valence-electron chi connectivity index (χ1n) is 36.6. The van der Waals surface area contributed by atoms with Crippen molar-refractivity contribution in [1.29, 1.82) is 0 Å². The van der Waals surface area contributed by atoms with Crippen LogP contribution in [-0.2, 0) is 65.6 Å². The predicted molar refractivity (Wildman–Crippen MR) is 385 cm³/mol. The maximum absolute atomic E-state index is 14.7. The Bertz CT molecular complexity index is 3510. The van der Waals surface area contributed by atoms with Gasteiger partial charge in [0.1, 0.15) is 30.2 Å². The van der Waals surface area contributed by atoms with Crippen molar-refractivity contribution in [2.75, 3.05) is 66.9 Å². The monoisotopic (exact) mass is 1540 g/mol. The van der Waals surface area contributed by atoms with Crippen molar-refractivity contribution in [2.24, 2.45) is 41.2 Å². The van der Waals surface area contributed by atoms with E-state index in [1.54, 1.807) is 61.9 Å². The van der Waals surface area contributed by atoms with Crippen molar-refractivity contribution < 1.29 is 97.3 Å². The smallest absolute Gasteiger partial charge is 0.404 e. The lowest BCUT2D eigenvalue weighted by Crippen LogP contribution is -2.59. The van der Waals surface area contributed by atoms with Gasteiger partial charge in [-0.2, -0.15) is 22.0 Å². The molecular formula is C75H108F8N12O13. The maximum Gasteiger partial charge on any atom is 0.404 e. The molecule has 2 fully saturated rings. The number of carbonyl (C=O) groups excluding carboxylic acids is 10. The third kappa shape index (κ3) is 25.0. The Morgan fingerprint density at radius 1 is 0.657 bits per heavy atom. The fourth-order valence-corrected chi connectivity index (χ4v) is 14.0. The van der Waals surface area contributed by atoms with Gasteiger partial charge in [0.05, 0.1) is 48.6 Å². The Kier molecular flexibility index (Phi) is 34.9. The summed E-state index contributed by atoms with van der Waals surface area (Å²) >= 11 is 0. The molecule has 33 heteroatoms. The average Bonchev–Trinajstić information content (AvgIpc) is 1.49. The SMILES string of the molecule is CCC(C)[C@@H]([C@@H](CC(=O)N1CCC[C@H]1[C@H](OC)[C@@H](C)C(=O)N[C@@H](Cc1ccccc1)C(=O)NCc1ccc(NC(=O)[C@H](CCCNC(N)=O)NC(=O)[C@@H](NC(=O)CCCN2CCC(C(=O)Oc3c(F)c(F)c(F)c(F)c3F)CC2C(F)(F)F)C(C)C)cc1)OC)N(C)C(=O)[C@@H](NC(=O)[C@H](C(C)C)N(C)C)C(C)C. The number of halogens is 8. The van der Waals surface area contributed by atoms with Gasteiger partial charge in [-0.3, -0.25) is 53.0 Å². The van der Waals surface area contributed by atoms with Gasteiger partial charge in [-0.1, -0.05) is 111 Å². The van der Waals surface area contributed by atoms with Crippen LogP contribution in [0, 0.1) is 64.6 Å². The summed E-state index contributed by atoms with van der Waals surface area (Å²) in [4.78, 5) is 143. The molecule has 13 atom stereocenters. The van der Waals surface area contributed by atoms with Crippen molar-refractivity contribution in [1.82, 2.24) is 51.5 Å². The van der Waals surface area contributed by atoms with Crippen LogP contribution in [0.25, 0.3) is 0 Å². The predicted octanol–water partition coefficient (Wildman–Crippen LogP) is 7.41. The zero-order chi connectivity index (χ0) is 80.8. The van der Waals surface area contributed by atoms with Crippen LogP contribution < -0.4 is 47.7 Å². The van der Waals surface area contributed by atoms with Gasteiger partial charge in [0.15, 0.2) is 0 Å². The highest BCUT2D eigenvalue weighted by atomic mass is 19.4. The largest absolute Gasteiger partial charge is 0.420 e. The normalized spacial score (nSPS) is 18.4. The van der Waals surface area contributed by atoms with E-state index in [0.29, 0.717) is 31.4 Å². The number of nitrogens with two attached hydrogens (primary N) is 1. The molecule has 602 valence electrons. The molecular weight excluding hydrogens is 1430 g/mol. The second-order valence-corrected chi connectivity index (χ2v) is 29.1. The summed E-state index contributed by atoms with van der Waals surface area (Å²) in [5.41, 5.74) is 6.81. The molecule has 10 amide bonds. The van der Waals surface area contributed by atoms with Crippen LogP contribution in [0.3, 0.4) is 0 Å². The molecule has 0 aliphatic carbocycles. The van der Waals surface area contributed by atoms with Crippen LogP contribution in [0.5, 0.6) is 5.75 Å². The molecule has 5 rings (SSSR count). The van der Waals surface area contributed by atoms with Gasteiger partial charge in [-0.05, 0) is 119 Å². The number of ether oxygens (including phenoxy) is 3. The van der Waals surface area contributed by atoms with Crippen molar-refractivity contribution in [3.63, 3.8) is 0 Å². The summed E-state index contributed by atoms with van der Waals surface area (Å²) in [5.74, 6) is -23.8. The molecule has 9 N–H and O–H groups in total. The number of hydrogen-bond donors (Lipinski definition) is 8. The first kappa shape index (κ1) is 90.1. The van der Waals surface area contributed by atoms with Crippen molar-refractivity contribution in [2.45, 2.75) is 206 Å². The lowest BCUT2D eigenvalue weighted by atomic mass is 9.89. The molecule has 3 aromatic rings. The lowest BCUT2D eigenvalue weighted by molar-refractivity contribution is -0.197. The molecule has 2 aliphatic rings. The molecule has 3 aromatic carbocycles. The molecule has 2 aliphatic heterocycles. The van der Waals surface area contributed by atoms with Crippen molar-refractivity contribution >= 4 is 64.9 Å². The Morgan fingerprint density at radius 2 is 1.27 bits per heavy atom. The fraction of sp³-hybridized carbons (Fsp3) is 0.627. The molecule has 108 heavy (non-hydrogen) atoms. The Labute approximate surface area is 626 Å². The minimum Gasteiger partial charge on any atom is -0.420 e. The number of piperidine rings is 1. The van der Waals surface area contributed by atoms with E-state index in [1.807, 2.05) is 78.7 Å². The second-order valence-electron chi connectivity index (χ2n) is 29.1. The van der Waals surface area contributed by atoms with Crippen LogP contribution in [0.1, 0.15) is 138 Å². The molecule has 0 aromatic heterocycles. The van der Waals surface area contributed by atoms with Crippen LogP contribution in [0.4, 0.5) is 45.6 Å². The quantitative estimate of drug-likeness (QED) is 0.00688. The van der Waals surface area contributed by atoms with E-state index in [-0.39, 0.29) is 99.3 Å². The highest BCUT2D eigenvalue weighted by Crippen LogP contribution is 2.38. The van der Waals surface area contributed by atoms with Crippen LogP contribution in [-0.4, -0.2) is 207 Å². The fourth-order valence-electron chi connectivity index (χ4n) is 14.0. The number of amides is 10. The van der Waals surface area contributed by atoms with Gasteiger partial charge in [-0.15, -0.1) is 0 Å². The number of nitrogens with one attached hydrogen (secondary N) is 7. The van der Waals surface area contributed by atoms with E-state index < -0.39 is 180 Å². The summed E-state index contributed by atoms with van der Waals surface area (Å²) in [7, 11) is 8.27. The number of anilines is 1. The number of carbonyl (C=O) groups is 10. The third-order valence-electron chi connectivity index (χ3n) is 20.1. The number of primary amides is 1. The minimum absolute atomic E-state index is 0.00225. The number of nitrogens with zero attached hydrogens (tertiary/aromatic N) is 4. The average molecular weight is 1540 g/mol. The van der Waals surface area contributed by atoms with E-state index >= 15 is 0 Å². The standard InChI is InChI=1S/C75H108F8N12O13/c1-15-43(8)64(93(12)72(103)62(41(4)5)91-71(102)63(42(6)7)92(10)11)52(106-13)38-55(97)95-34-20-25-51(95)65(107-14)44(9)67(98)89-50(36-45-22-17-16-18-23-45)68(99)86-39-46-27-29-48(30-28-46)87-69(100)49(24-19-32-85-74(84)105)88-70(101)61(40(2)3)90-54(96)26-21-33-94-35-31-47(37-53(94)75(81,82)83)73(104)108-66-59(79)57(77)56(76)58(78)60(66)80/h16-18,22-23,27-30,40-44,47,49-53,61-65H,15,19-21,24-26,31-39H2,1-14H3,(H,86,99)(H,87,100)(H,88,101)(H,89,98)(H,90,96)(H,91,102)(H3,84,85,105)/t43?,44-,47?,49+,50+,51+,52-,53?,61+,62+,63+,64+,65-/m1/s1. The Balaban J connectivity index is 1.21. The molecule has 0 bridgehead atoms. The topological polar surface area (TPSA) is 322 Å². The van der Waals surface area contributed by atoms with E-state index in [4.69, 9.17) is 15.2 Å². The van der Waals surface area contributed by atoms with Gasteiger partial charge in [-0.25, -0.2) is 18.0 Å². The van der Waals surface area contributed by atoms with E-state index in [9.17, 15) is 83.1 Å². The van der Waals surface area contributed by atoms with E-state index in [0.717, 1.165) is 10.5 Å². The zero-order valence-corrected chi connectivity index (χ0v) is 63.9.